The Kier molecular flexibility index (Phi) is 4.45. The van der Waals surface area contributed by atoms with Crippen molar-refractivity contribution in [3.63, 3.8) is 0 Å². The summed E-state index contributed by atoms with van der Waals surface area (Å²) in [6.07, 6.45) is 0. The SMILES string of the molecule is CC1(C)OC(C)(C)C(O)=C(c2ccc(-c3ccc(F)cc3)cc2Cl)C1=O. The normalized spacial score (nSPS) is 18.9. The lowest BCUT2D eigenvalue weighted by Crippen LogP contribution is -2.49. The maximum Gasteiger partial charge on any atom is 0.198 e. The molecule has 0 bridgehead atoms. The Bertz CT molecular complexity index is 911. The summed E-state index contributed by atoms with van der Waals surface area (Å²) in [7, 11) is 0. The second kappa shape index (κ2) is 6.22. The van der Waals surface area contributed by atoms with E-state index in [4.69, 9.17) is 16.3 Å². The molecule has 0 saturated carbocycles. The van der Waals surface area contributed by atoms with E-state index in [-0.39, 0.29) is 22.9 Å². The van der Waals surface area contributed by atoms with Crippen LogP contribution in [0.5, 0.6) is 0 Å². The molecule has 0 atom stereocenters. The fourth-order valence-corrected chi connectivity index (χ4v) is 3.51. The summed E-state index contributed by atoms with van der Waals surface area (Å²) in [5, 5.41) is 11.0. The molecular formula is C21H20ClFO3. The summed E-state index contributed by atoms with van der Waals surface area (Å²) in [6.45, 7) is 6.75. The lowest BCUT2D eigenvalue weighted by atomic mass is 9.83. The van der Waals surface area contributed by atoms with E-state index in [9.17, 15) is 14.3 Å². The highest BCUT2D eigenvalue weighted by Crippen LogP contribution is 2.42. The Morgan fingerprint density at radius 2 is 1.54 bits per heavy atom. The second-order valence-electron chi connectivity index (χ2n) is 7.38. The van der Waals surface area contributed by atoms with Crippen LogP contribution in [0.1, 0.15) is 33.3 Å². The van der Waals surface area contributed by atoms with Gasteiger partial charge in [-0.15, -0.1) is 0 Å². The highest BCUT2D eigenvalue weighted by atomic mass is 35.5. The van der Waals surface area contributed by atoms with Gasteiger partial charge in [0.25, 0.3) is 0 Å². The zero-order valence-corrected chi connectivity index (χ0v) is 15.8. The molecule has 0 aliphatic carbocycles. The van der Waals surface area contributed by atoms with E-state index in [1.807, 2.05) is 0 Å². The molecule has 2 aromatic rings. The van der Waals surface area contributed by atoms with Crippen LogP contribution in [0.2, 0.25) is 5.02 Å². The van der Waals surface area contributed by atoms with E-state index in [0.29, 0.717) is 10.6 Å². The average molecular weight is 375 g/mol. The monoisotopic (exact) mass is 374 g/mol. The number of halogens is 2. The number of aliphatic hydroxyl groups is 1. The highest BCUT2D eigenvalue weighted by Gasteiger charge is 2.47. The van der Waals surface area contributed by atoms with Crippen molar-refractivity contribution in [3.05, 3.63) is 64.6 Å². The van der Waals surface area contributed by atoms with Gasteiger partial charge in [0.15, 0.2) is 5.78 Å². The fraction of sp³-hybridized carbons (Fsp3) is 0.286. The number of Topliss-reactive ketones (excluding diaryl/α,β-unsaturated/α-hetero) is 1. The molecule has 1 heterocycles. The quantitative estimate of drug-likeness (QED) is 0.747. The molecule has 0 fully saturated rings. The summed E-state index contributed by atoms with van der Waals surface area (Å²) < 4.78 is 18.9. The van der Waals surface area contributed by atoms with Crippen molar-refractivity contribution in [2.24, 2.45) is 0 Å². The molecule has 1 aliphatic rings. The van der Waals surface area contributed by atoms with Crippen LogP contribution in [0, 0.1) is 5.82 Å². The zero-order valence-electron chi connectivity index (χ0n) is 15.1. The number of hydrogen-bond acceptors (Lipinski definition) is 3. The van der Waals surface area contributed by atoms with E-state index in [1.165, 1.54) is 12.1 Å². The Morgan fingerprint density at radius 1 is 0.962 bits per heavy atom. The third kappa shape index (κ3) is 3.15. The highest BCUT2D eigenvalue weighted by molar-refractivity contribution is 6.36. The Balaban J connectivity index is 2.12. The van der Waals surface area contributed by atoms with E-state index in [0.717, 1.165) is 11.1 Å². The topological polar surface area (TPSA) is 46.5 Å². The molecule has 1 aliphatic heterocycles. The van der Waals surface area contributed by atoms with Gasteiger partial charge in [-0.25, -0.2) is 4.39 Å². The maximum absolute atomic E-state index is 13.1. The van der Waals surface area contributed by atoms with Crippen LogP contribution in [-0.4, -0.2) is 22.1 Å². The molecule has 3 rings (SSSR count). The molecule has 0 aromatic heterocycles. The van der Waals surface area contributed by atoms with Crippen LogP contribution in [0.25, 0.3) is 16.7 Å². The third-order valence-corrected chi connectivity index (χ3v) is 4.82. The molecule has 3 nitrogen and oxygen atoms in total. The molecule has 136 valence electrons. The van der Waals surface area contributed by atoms with Crippen molar-refractivity contribution in [1.29, 1.82) is 0 Å². The molecular weight excluding hydrogens is 355 g/mol. The van der Waals surface area contributed by atoms with Crippen LogP contribution in [0.4, 0.5) is 4.39 Å². The number of hydrogen-bond donors (Lipinski definition) is 1. The number of rotatable bonds is 2. The summed E-state index contributed by atoms with van der Waals surface area (Å²) >= 11 is 6.45. The van der Waals surface area contributed by atoms with Gasteiger partial charge in [-0.2, -0.15) is 0 Å². The predicted molar refractivity (Wildman–Crippen MR) is 101 cm³/mol. The molecule has 0 saturated heterocycles. The largest absolute Gasteiger partial charge is 0.508 e. The molecule has 0 spiro atoms. The number of aliphatic hydroxyl groups excluding tert-OH is 1. The number of ketones is 1. The van der Waals surface area contributed by atoms with Crippen LogP contribution < -0.4 is 0 Å². The lowest BCUT2D eigenvalue weighted by molar-refractivity contribution is -0.158. The van der Waals surface area contributed by atoms with Gasteiger partial charge in [-0.05, 0) is 57.0 Å². The predicted octanol–water partition coefficient (Wildman–Crippen LogP) is 5.57. The molecule has 26 heavy (non-hydrogen) atoms. The maximum atomic E-state index is 13.1. The fourth-order valence-electron chi connectivity index (χ4n) is 3.23. The van der Waals surface area contributed by atoms with Crippen molar-refractivity contribution in [3.8, 4) is 11.1 Å². The van der Waals surface area contributed by atoms with Crippen LogP contribution in [-0.2, 0) is 9.53 Å². The zero-order chi connectivity index (χ0) is 19.3. The van der Waals surface area contributed by atoms with Crippen LogP contribution >= 0.6 is 11.6 Å². The minimum absolute atomic E-state index is 0.141. The van der Waals surface area contributed by atoms with E-state index in [2.05, 4.69) is 0 Å². The first-order valence-corrected chi connectivity index (χ1v) is 8.65. The van der Waals surface area contributed by atoms with Gasteiger partial charge in [0, 0.05) is 10.6 Å². The van der Waals surface area contributed by atoms with Gasteiger partial charge in [-0.3, -0.25) is 4.79 Å². The van der Waals surface area contributed by atoms with E-state index >= 15 is 0 Å². The smallest absolute Gasteiger partial charge is 0.198 e. The van der Waals surface area contributed by atoms with Crippen molar-refractivity contribution in [1.82, 2.24) is 0 Å². The van der Waals surface area contributed by atoms with E-state index < -0.39 is 11.2 Å². The lowest BCUT2D eigenvalue weighted by Gasteiger charge is -2.40. The molecule has 0 radical (unpaired) electrons. The first-order chi connectivity index (χ1) is 12.0. The number of ether oxygens (including phenoxy) is 1. The molecule has 0 unspecified atom stereocenters. The summed E-state index contributed by atoms with van der Waals surface area (Å²) in [5.74, 6) is -0.784. The Morgan fingerprint density at radius 3 is 2.12 bits per heavy atom. The van der Waals surface area contributed by atoms with Gasteiger partial charge in [0.2, 0.25) is 0 Å². The van der Waals surface area contributed by atoms with Gasteiger partial charge in [0.05, 0.1) is 5.57 Å². The van der Waals surface area contributed by atoms with Crippen molar-refractivity contribution in [2.75, 3.05) is 0 Å². The first-order valence-electron chi connectivity index (χ1n) is 8.27. The van der Waals surface area contributed by atoms with Crippen LogP contribution in [0.3, 0.4) is 0 Å². The molecule has 1 N–H and O–H groups in total. The Hall–Kier alpha value is -2.17. The third-order valence-electron chi connectivity index (χ3n) is 4.51. The van der Waals surface area contributed by atoms with Crippen molar-refractivity contribution >= 4 is 23.0 Å². The van der Waals surface area contributed by atoms with Gasteiger partial charge < -0.3 is 9.84 Å². The Labute approximate surface area is 157 Å². The van der Waals surface area contributed by atoms with Crippen molar-refractivity contribution in [2.45, 2.75) is 38.9 Å². The van der Waals surface area contributed by atoms with Gasteiger partial charge >= 0.3 is 0 Å². The van der Waals surface area contributed by atoms with Gasteiger partial charge in [0.1, 0.15) is 22.8 Å². The average Bonchev–Trinajstić information content (AvgIpc) is 2.55. The van der Waals surface area contributed by atoms with Crippen LogP contribution in [0.15, 0.2) is 48.2 Å². The first kappa shape index (κ1) is 18.6. The summed E-state index contributed by atoms with van der Waals surface area (Å²) in [4.78, 5) is 12.8. The minimum atomic E-state index is -1.08. The number of carbonyl (C=O) groups is 1. The molecule has 0 amide bonds. The summed E-state index contributed by atoms with van der Waals surface area (Å²) in [5.41, 5.74) is 0.121. The molecule has 5 heteroatoms. The minimum Gasteiger partial charge on any atom is -0.508 e. The van der Waals surface area contributed by atoms with Gasteiger partial charge in [-0.1, -0.05) is 35.9 Å². The number of carbonyl (C=O) groups excluding carboxylic acids is 1. The standard InChI is InChI=1S/C21H20ClFO3/c1-20(2)18(24)17(19(25)21(3,4)26-20)15-10-7-13(11-16(15)22)12-5-8-14(23)9-6-12/h5-11,24H,1-4H3. The molecule has 2 aromatic carbocycles. The summed E-state index contributed by atoms with van der Waals surface area (Å²) in [6, 6.07) is 11.2. The van der Waals surface area contributed by atoms with E-state index in [1.54, 1.807) is 58.0 Å². The van der Waals surface area contributed by atoms with Crippen molar-refractivity contribution < 1.29 is 19.0 Å². The number of benzene rings is 2. The second-order valence-corrected chi connectivity index (χ2v) is 7.78.